The summed E-state index contributed by atoms with van der Waals surface area (Å²) in [5.41, 5.74) is 2.26. The molecule has 2 aromatic rings. The molecule has 2 nitrogen and oxygen atoms in total. The van der Waals surface area contributed by atoms with E-state index in [9.17, 15) is 0 Å². The molecule has 0 aliphatic carbocycles. The van der Waals surface area contributed by atoms with E-state index in [1.807, 2.05) is 40.0 Å². The molecule has 0 unspecified atom stereocenters. The molecule has 0 N–H and O–H groups in total. The van der Waals surface area contributed by atoms with Gasteiger partial charge in [-0.2, -0.15) is 4.37 Å². The summed E-state index contributed by atoms with van der Waals surface area (Å²) >= 11 is 1.50. The average Bonchev–Trinajstić information content (AvgIpc) is 2.73. The standard InChI is InChI=1S/C7H6N2S.2C2H6/c1-5-2-3-8-6-4-9-10-7(5)6;2*1-2/h2-4H,1H3;2*1-2H3. The Kier molecular flexibility index (Phi) is 6.93. The Morgan fingerprint density at radius 2 is 1.79 bits per heavy atom. The van der Waals surface area contributed by atoms with Gasteiger partial charge in [0, 0.05) is 6.20 Å². The van der Waals surface area contributed by atoms with Crippen LogP contribution in [0.4, 0.5) is 0 Å². The van der Waals surface area contributed by atoms with E-state index in [-0.39, 0.29) is 0 Å². The summed E-state index contributed by atoms with van der Waals surface area (Å²) in [5.74, 6) is 0. The van der Waals surface area contributed by atoms with Crippen molar-refractivity contribution in [2.75, 3.05) is 0 Å². The molecule has 0 bridgehead atoms. The summed E-state index contributed by atoms with van der Waals surface area (Å²) in [4.78, 5) is 4.15. The molecule has 2 aromatic heterocycles. The molecular weight excluding hydrogens is 192 g/mol. The Morgan fingerprint density at radius 3 is 2.36 bits per heavy atom. The molecule has 0 aromatic carbocycles. The molecule has 0 spiro atoms. The van der Waals surface area contributed by atoms with Gasteiger partial charge in [0.25, 0.3) is 0 Å². The molecule has 0 amide bonds. The highest BCUT2D eigenvalue weighted by atomic mass is 32.1. The van der Waals surface area contributed by atoms with Gasteiger partial charge in [0.2, 0.25) is 0 Å². The minimum absolute atomic E-state index is 1.00. The van der Waals surface area contributed by atoms with E-state index >= 15 is 0 Å². The van der Waals surface area contributed by atoms with Crippen molar-refractivity contribution in [3.05, 3.63) is 24.0 Å². The minimum atomic E-state index is 1.00. The van der Waals surface area contributed by atoms with Gasteiger partial charge >= 0.3 is 0 Å². The van der Waals surface area contributed by atoms with Crippen LogP contribution in [0.1, 0.15) is 33.3 Å². The Morgan fingerprint density at radius 1 is 1.14 bits per heavy atom. The van der Waals surface area contributed by atoms with Crippen LogP contribution < -0.4 is 0 Å². The highest BCUT2D eigenvalue weighted by molar-refractivity contribution is 7.13. The lowest BCUT2D eigenvalue weighted by atomic mass is 10.3. The van der Waals surface area contributed by atoms with Crippen molar-refractivity contribution >= 4 is 21.7 Å². The molecule has 0 saturated heterocycles. The molecule has 0 fully saturated rings. The van der Waals surface area contributed by atoms with Crippen LogP contribution in [0.5, 0.6) is 0 Å². The van der Waals surface area contributed by atoms with Crippen molar-refractivity contribution in [2.45, 2.75) is 34.6 Å². The summed E-state index contributed by atoms with van der Waals surface area (Å²) in [5, 5.41) is 0. The second-order valence-corrected chi connectivity index (χ2v) is 2.97. The number of aryl methyl sites for hydroxylation is 1. The van der Waals surface area contributed by atoms with Crippen LogP contribution in [0, 0.1) is 6.92 Å². The number of pyridine rings is 1. The Hall–Kier alpha value is -0.960. The van der Waals surface area contributed by atoms with Gasteiger partial charge in [0.15, 0.2) is 0 Å². The van der Waals surface area contributed by atoms with Crippen molar-refractivity contribution in [1.29, 1.82) is 0 Å². The first-order valence-electron chi connectivity index (χ1n) is 5.04. The fourth-order valence-electron chi connectivity index (χ4n) is 0.905. The van der Waals surface area contributed by atoms with Crippen LogP contribution in [0.2, 0.25) is 0 Å². The lowest BCUT2D eigenvalue weighted by Crippen LogP contribution is -1.73. The van der Waals surface area contributed by atoms with Gasteiger partial charge in [0.05, 0.1) is 10.9 Å². The maximum Gasteiger partial charge on any atom is 0.101 e. The monoisotopic (exact) mass is 210 g/mol. The van der Waals surface area contributed by atoms with Crippen LogP contribution in [0.15, 0.2) is 18.5 Å². The summed E-state index contributed by atoms with van der Waals surface area (Å²) in [7, 11) is 0. The molecule has 0 atom stereocenters. The predicted molar refractivity (Wildman–Crippen MR) is 64.8 cm³/mol. The zero-order valence-corrected chi connectivity index (χ0v) is 10.4. The number of aromatic nitrogens is 2. The van der Waals surface area contributed by atoms with Crippen molar-refractivity contribution in [1.82, 2.24) is 9.36 Å². The highest BCUT2D eigenvalue weighted by Gasteiger charge is 1.97. The first-order valence-corrected chi connectivity index (χ1v) is 5.81. The molecular formula is C11H18N2S. The summed E-state index contributed by atoms with van der Waals surface area (Å²) < 4.78 is 5.24. The number of nitrogens with zero attached hydrogens (tertiary/aromatic N) is 2. The van der Waals surface area contributed by atoms with Gasteiger partial charge in [-0.3, -0.25) is 4.98 Å². The zero-order valence-electron chi connectivity index (χ0n) is 9.53. The first kappa shape index (κ1) is 13.0. The SMILES string of the molecule is CC.CC.Cc1ccnc2cnsc12. The van der Waals surface area contributed by atoms with E-state index in [1.54, 1.807) is 6.20 Å². The number of rotatable bonds is 0. The van der Waals surface area contributed by atoms with E-state index in [1.165, 1.54) is 21.8 Å². The van der Waals surface area contributed by atoms with Gasteiger partial charge in [0.1, 0.15) is 5.52 Å². The second kappa shape index (κ2) is 7.44. The van der Waals surface area contributed by atoms with Crippen molar-refractivity contribution < 1.29 is 0 Å². The quantitative estimate of drug-likeness (QED) is 0.655. The third-order valence-corrected chi connectivity index (χ3v) is 2.37. The maximum absolute atomic E-state index is 4.15. The number of hydrogen-bond donors (Lipinski definition) is 0. The van der Waals surface area contributed by atoms with Crippen molar-refractivity contribution in [3.8, 4) is 0 Å². The topological polar surface area (TPSA) is 25.8 Å². The molecule has 0 aliphatic rings. The van der Waals surface area contributed by atoms with Gasteiger partial charge in [-0.05, 0) is 30.1 Å². The lowest BCUT2D eigenvalue weighted by molar-refractivity contribution is 1.38. The molecule has 0 aliphatic heterocycles. The third-order valence-electron chi connectivity index (χ3n) is 1.45. The summed E-state index contributed by atoms with van der Waals surface area (Å²) in [6, 6.07) is 2.00. The lowest BCUT2D eigenvalue weighted by Gasteiger charge is -1.89. The Bertz CT molecular complexity index is 355. The van der Waals surface area contributed by atoms with E-state index in [4.69, 9.17) is 0 Å². The third kappa shape index (κ3) is 3.07. The van der Waals surface area contributed by atoms with Crippen molar-refractivity contribution in [2.24, 2.45) is 0 Å². The second-order valence-electron chi connectivity index (χ2n) is 2.17. The van der Waals surface area contributed by atoms with Gasteiger partial charge in [-0.15, -0.1) is 0 Å². The van der Waals surface area contributed by atoms with Gasteiger partial charge in [-0.25, -0.2) is 0 Å². The summed E-state index contributed by atoms with van der Waals surface area (Å²) in [6.07, 6.45) is 3.61. The predicted octanol–water partition coefficient (Wildman–Crippen LogP) is 4.05. The summed E-state index contributed by atoms with van der Waals surface area (Å²) in [6.45, 7) is 10.1. The van der Waals surface area contributed by atoms with Crippen LogP contribution in [-0.4, -0.2) is 9.36 Å². The molecule has 14 heavy (non-hydrogen) atoms. The number of fused-ring (bicyclic) bond motifs is 1. The Balaban J connectivity index is 0.000000379. The molecule has 78 valence electrons. The van der Waals surface area contributed by atoms with Crippen LogP contribution in [0.25, 0.3) is 10.2 Å². The molecule has 2 heterocycles. The molecule has 3 heteroatoms. The molecule has 2 rings (SSSR count). The smallest absolute Gasteiger partial charge is 0.101 e. The number of hydrogen-bond acceptors (Lipinski definition) is 3. The fraction of sp³-hybridized carbons (Fsp3) is 0.455. The fourth-order valence-corrected chi connectivity index (χ4v) is 1.57. The Labute approximate surface area is 90.2 Å². The molecule has 0 radical (unpaired) electrons. The van der Waals surface area contributed by atoms with E-state index in [0.717, 1.165) is 5.52 Å². The van der Waals surface area contributed by atoms with Crippen LogP contribution >= 0.6 is 11.5 Å². The largest absolute Gasteiger partial charge is 0.254 e. The van der Waals surface area contributed by atoms with E-state index in [0.29, 0.717) is 0 Å². The van der Waals surface area contributed by atoms with E-state index < -0.39 is 0 Å². The maximum atomic E-state index is 4.15. The first-order chi connectivity index (χ1) is 6.88. The van der Waals surface area contributed by atoms with E-state index in [2.05, 4.69) is 16.3 Å². The van der Waals surface area contributed by atoms with Crippen molar-refractivity contribution in [3.63, 3.8) is 0 Å². The highest BCUT2D eigenvalue weighted by Crippen LogP contribution is 2.18. The molecule has 0 saturated carbocycles. The average molecular weight is 210 g/mol. The van der Waals surface area contributed by atoms with Gasteiger partial charge < -0.3 is 0 Å². The van der Waals surface area contributed by atoms with Gasteiger partial charge in [-0.1, -0.05) is 27.7 Å². The van der Waals surface area contributed by atoms with Crippen LogP contribution in [0.3, 0.4) is 0 Å². The normalized spacial score (nSPS) is 8.36. The zero-order chi connectivity index (χ0) is 11.0. The minimum Gasteiger partial charge on any atom is -0.254 e. The van der Waals surface area contributed by atoms with Crippen LogP contribution in [-0.2, 0) is 0 Å².